The van der Waals surface area contributed by atoms with E-state index in [9.17, 15) is 13.2 Å². The van der Waals surface area contributed by atoms with E-state index in [1.165, 1.54) is 16.4 Å². The highest BCUT2D eigenvalue weighted by molar-refractivity contribution is 7.89. The zero-order chi connectivity index (χ0) is 19.4. The summed E-state index contributed by atoms with van der Waals surface area (Å²) in [7, 11) is -3.56. The molecule has 0 saturated carbocycles. The summed E-state index contributed by atoms with van der Waals surface area (Å²) in [5.74, 6) is -0.250. The first-order valence-corrected chi connectivity index (χ1v) is 10.8. The number of halogens is 2. The average Bonchev–Trinajstić information content (AvgIpc) is 3.07. The summed E-state index contributed by atoms with van der Waals surface area (Å²) in [6.07, 6.45) is 4.21. The van der Waals surface area contributed by atoms with Crippen LogP contribution in [0.4, 0.5) is 0 Å². The Hall–Kier alpha value is -1.61. The molecule has 2 heterocycles. The van der Waals surface area contributed by atoms with Crippen molar-refractivity contribution in [2.75, 3.05) is 19.6 Å². The number of hydrogen-bond acceptors (Lipinski definition) is 4. The van der Waals surface area contributed by atoms with Crippen molar-refractivity contribution in [1.82, 2.24) is 19.4 Å². The number of benzene rings is 1. The fourth-order valence-corrected chi connectivity index (χ4v) is 4.76. The molecule has 7 nitrogen and oxygen atoms in total. The Morgan fingerprint density at radius 2 is 1.81 bits per heavy atom. The number of carbonyl (C=O) groups is 1. The van der Waals surface area contributed by atoms with E-state index >= 15 is 0 Å². The average molecular weight is 431 g/mol. The molecule has 1 amide bonds. The quantitative estimate of drug-likeness (QED) is 0.762. The zero-order valence-electron chi connectivity index (χ0n) is 14.5. The van der Waals surface area contributed by atoms with E-state index in [1.54, 1.807) is 29.2 Å². The van der Waals surface area contributed by atoms with E-state index in [-0.39, 0.29) is 16.7 Å². The van der Waals surface area contributed by atoms with Crippen molar-refractivity contribution in [2.45, 2.75) is 24.3 Å². The number of amides is 1. The van der Waals surface area contributed by atoms with Crippen molar-refractivity contribution < 1.29 is 13.2 Å². The monoisotopic (exact) mass is 430 g/mol. The third-order valence-corrected chi connectivity index (χ3v) is 6.88. The Kier molecular flexibility index (Phi) is 6.41. The lowest BCUT2D eigenvalue weighted by atomic mass is 9.97. The minimum atomic E-state index is -3.56. The topological polar surface area (TPSA) is 84.3 Å². The molecule has 1 saturated heterocycles. The summed E-state index contributed by atoms with van der Waals surface area (Å²) in [4.78, 5) is 12.5. The molecule has 1 aliphatic rings. The first-order chi connectivity index (χ1) is 12.9. The van der Waals surface area contributed by atoms with Gasteiger partial charge in [-0.05, 0) is 37.1 Å². The minimum Gasteiger partial charge on any atom is -0.354 e. The van der Waals surface area contributed by atoms with Crippen molar-refractivity contribution in [2.24, 2.45) is 5.92 Å². The molecular weight excluding hydrogens is 411 g/mol. The van der Waals surface area contributed by atoms with Crippen LogP contribution in [-0.4, -0.2) is 48.0 Å². The molecule has 0 radical (unpaired) electrons. The summed E-state index contributed by atoms with van der Waals surface area (Å²) in [6, 6.07) is 6.11. The highest BCUT2D eigenvalue weighted by atomic mass is 35.5. The van der Waals surface area contributed by atoms with Gasteiger partial charge in [0.25, 0.3) is 0 Å². The lowest BCUT2D eigenvalue weighted by Gasteiger charge is -2.30. The van der Waals surface area contributed by atoms with Crippen molar-refractivity contribution in [1.29, 1.82) is 0 Å². The molecule has 1 aromatic heterocycles. The molecule has 2 aromatic rings. The van der Waals surface area contributed by atoms with Gasteiger partial charge in [-0.1, -0.05) is 23.2 Å². The lowest BCUT2D eigenvalue weighted by molar-refractivity contribution is -0.126. The summed E-state index contributed by atoms with van der Waals surface area (Å²) in [5.41, 5.74) is 0. The van der Waals surface area contributed by atoms with Crippen LogP contribution in [0.5, 0.6) is 0 Å². The van der Waals surface area contributed by atoms with Gasteiger partial charge in [0.2, 0.25) is 15.9 Å². The number of nitrogens with zero attached hydrogens (tertiary/aromatic N) is 3. The van der Waals surface area contributed by atoms with Gasteiger partial charge in [0, 0.05) is 36.8 Å². The third kappa shape index (κ3) is 5.01. The van der Waals surface area contributed by atoms with Crippen molar-refractivity contribution in [3.05, 3.63) is 46.7 Å². The van der Waals surface area contributed by atoms with Gasteiger partial charge in [-0.25, -0.2) is 8.42 Å². The fourth-order valence-electron chi connectivity index (χ4n) is 3.01. The SMILES string of the molecule is O=C(NCCn1cc(Cl)cn1)C1CCN(S(=O)(=O)c2ccc(Cl)cc2)CC1. The van der Waals surface area contributed by atoms with E-state index in [0.29, 0.717) is 49.1 Å². The van der Waals surface area contributed by atoms with Gasteiger partial charge in [0.15, 0.2) is 0 Å². The van der Waals surface area contributed by atoms with Gasteiger partial charge >= 0.3 is 0 Å². The molecular formula is C17H20Cl2N4O3S. The molecule has 0 spiro atoms. The molecule has 146 valence electrons. The van der Waals surface area contributed by atoms with Gasteiger partial charge in [0.1, 0.15) is 0 Å². The molecule has 0 unspecified atom stereocenters. The van der Waals surface area contributed by atoms with E-state index in [2.05, 4.69) is 10.4 Å². The van der Waals surface area contributed by atoms with Crippen LogP contribution in [-0.2, 0) is 21.4 Å². The zero-order valence-corrected chi connectivity index (χ0v) is 16.8. The number of piperidine rings is 1. The Morgan fingerprint density at radius 3 is 2.41 bits per heavy atom. The predicted octanol–water partition coefficient (Wildman–Crippen LogP) is 2.41. The standard InChI is InChI=1S/C17H20Cl2N4O3S/c18-14-1-3-16(4-2-14)27(25,26)23-8-5-13(6-9-23)17(24)20-7-10-22-12-15(19)11-21-22/h1-4,11-13H,5-10H2,(H,20,24). The Morgan fingerprint density at radius 1 is 1.15 bits per heavy atom. The second-order valence-electron chi connectivity index (χ2n) is 6.34. The second-order valence-corrected chi connectivity index (χ2v) is 9.16. The summed E-state index contributed by atoms with van der Waals surface area (Å²) < 4.78 is 28.4. The van der Waals surface area contributed by atoms with Gasteiger partial charge in [-0.15, -0.1) is 0 Å². The molecule has 0 bridgehead atoms. The first kappa shape index (κ1) is 20.1. The predicted molar refractivity (Wildman–Crippen MR) is 103 cm³/mol. The summed E-state index contributed by atoms with van der Waals surface area (Å²) in [6.45, 7) is 1.61. The number of rotatable bonds is 6. The van der Waals surface area contributed by atoms with Crippen LogP contribution in [0.1, 0.15) is 12.8 Å². The van der Waals surface area contributed by atoms with Crippen molar-refractivity contribution in [3.8, 4) is 0 Å². The van der Waals surface area contributed by atoms with Crippen LogP contribution >= 0.6 is 23.2 Å². The highest BCUT2D eigenvalue weighted by Crippen LogP contribution is 2.24. The lowest BCUT2D eigenvalue weighted by Crippen LogP contribution is -2.43. The molecule has 1 N–H and O–H groups in total. The maximum atomic E-state index is 12.7. The van der Waals surface area contributed by atoms with Crippen LogP contribution in [0, 0.1) is 5.92 Å². The Bertz CT molecular complexity index is 891. The second kappa shape index (κ2) is 8.60. The minimum absolute atomic E-state index is 0.0585. The van der Waals surface area contributed by atoms with Gasteiger partial charge in [-0.2, -0.15) is 9.40 Å². The number of aromatic nitrogens is 2. The van der Waals surface area contributed by atoms with Gasteiger partial charge < -0.3 is 5.32 Å². The van der Waals surface area contributed by atoms with E-state index in [0.717, 1.165) is 0 Å². The first-order valence-electron chi connectivity index (χ1n) is 8.57. The molecule has 1 fully saturated rings. The largest absolute Gasteiger partial charge is 0.354 e. The van der Waals surface area contributed by atoms with Crippen molar-refractivity contribution in [3.63, 3.8) is 0 Å². The highest BCUT2D eigenvalue weighted by Gasteiger charge is 2.31. The molecule has 1 aromatic carbocycles. The molecule has 1 aliphatic heterocycles. The number of sulfonamides is 1. The van der Waals surface area contributed by atoms with Crippen molar-refractivity contribution >= 4 is 39.1 Å². The maximum Gasteiger partial charge on any atom is 0.243 e. The maximum absolute atomic E-state index is 12.7. The molecule has 27 heavy (non-hydrogen) atoms. The molecule has 10 heteroatoms. The number of nitrogens with one attached hydrogen (secondary N) is 1. The molecule has 0 atom stereocenters. The van der Waals surface area contributed by atoms with Gasteiger partial charge in [-0.3, -0.25) is 9.48 Å². The molecule has 0 aliphatic carbocycles. The summed E-state index contributed by atoms with van der Waals surface area (Å²) in [5, 5.41) is 7.96. The Labute approximate surface area is 168 Å². The number of carbonyl (C=O) groups excluding carboxylic acids is 1. The van der Waals surface area contributed by atoms with E-state index < -0.39 is 10.0 Å². The van der Waals surface area contributed by atoms with Crippen LogP contribution in [0.15, 0.2) is 41.6 Å². The van der Waals surface area contributed by atoms with Crippen LogP contribution in [0.2, 0.25) is 10.0 Å². The van der Waals surface area contributed by atoms with Gasteiger partial charge in [0.05, 0.1) is 22.7 Å². The Balaban J connectivity index is 1.49. The van der Waals surface area contributed by atoms with Crippen LogP contribution in [0.3, 0.4) is 0 Å². The van der Waals surface area contributed by atoms with Crippen LogP contribution in [0.25, 0.3) is 0 Å². The normalized spacial score (nSPS) is 16.4. The van der Waals surface area contributed by atoms with E-state index in [4.69, 9.17) is 23.2 Å². The smallest absolute Gasteiger partial charge is 0.243 e. The number of hydrogen-bond donors (Lipinski definition) is 1. The molecule has 3 rings (SSSR count). The third-order valence-electron chi connectivity index (χ3n) is 4.52. The van der Waals surface area contributed by atoms with Crippen LogP contribution < -0.4 is 5.32 Å². The summed E-state index contributed by atoms with van der Waals surface area (Å²) >= 11 is 11.6. The fraction of sp³-hybridized carbons (Fsp3) is 0.412. The van der Waals surface area contributed by atoms with E-state index in [1.807, 2.05) is 0 Å².